The molecule has 0 aromatic heterocycles. The summed E-state index contributed by atoms with van der Waals surface area (Å²) in [6, 6.07) is 10.2. The minimum Gasteiger partial charge on any atom is -0.442 e. The van der Waals surface area contributed by atoms with E-state index in [1.165, 1.54) is 0 Å². The zero-order chi connectivity index (χ0) is 14.8. The van der Waals surface area contributed by atoms with Crippen LogP contribution in [-0.2, 0) is 9.53 Å². The number of unbranched alkanes of at least 4 members (excludes halogenated alkanes) is 1. The summed E-state index contributed by atoms with van der Waals surface area (Å²) in [5.74, 6) is -0.124. The Morgan fingerprint density at radius 3 is 2.40 bits per heavy atom. The summed E-state index contributed by atoms with van der Waals surface area (Å²) in [4.78, 5) is 13.9. The Hall–Kier alpha value is -1.51. The fourth-order valence-corrected chi connectivity index (χ4v) is 2.15. The van der Waals surface area contributed by atoms with Crippen molar-refractivity contribution in [2.45, 2.75) is 59.1 Å². The Balaban J connectivity index is 2.88. The standard InChI is InChI=1S/C17H27NO2/c1-4-7-14-18(15-12-9-8-10-13-15)16(11-5-2)20-17(19)6-3/h8-10,12-13,16H,4-7,11,14H2,1-3H3. The maximum absolute atomic E-state index is 11.7. The van der Waals surface area contributed by atoms with Crippen LogP contribution in [0.5, 0.6) is 0 Å². The quantitative estimate of drug-likeness (QED) is 0.496. The van der Waals surface area contributed by atoms with E-state index in [0.717, 1.165) is 37.9 Å². The Morgan fingerprint density at radius 2 is 1.85 bits per heavy atom. The lowest BCUT2D eigenvalue weighted by molar-refractivity contribution is -0.149. The maximum Gasteiger partial charge on any atom is 0.307 e. The van der Waals surface area contributed by atoms with Crippen LogP contribution in [0.25, 0.3) is 0 Å². The molecule has 3 heteroatoms. The number of carbonyl (C=O) groups is 1. The highest BCUT2D eigenvalue weighted by Gasteiger charge is 2.21. The average molecular weight is 277 g/mol. The lowest BCUT2D eigenvalue weighted by Crippen LogP contribution is -2.39. The van der Waals surface area contributed by atoms with Gasteiger partial charge >= 0.3 is 5.97 Å². The molecule has 1 aromatic carbocycles. The number of benzene rings is 1. The van der Waals surface area contributed by atoms with Crippen molar-refractivity contribution in [1.29, 1.82) is 0 Å². The van der Waals surface area contributed by atoms with Crippen molar-refractivity contribution < 1.29 is 9.53 Å². The summed E-state index contributed by atoms with van der Waals surface area (Å²) >= 11 is 0. The maximum atomic E-state index is 11.7. The number of hydrogen-bond donors (Lipinski definition) is 0. The van der Waals surface area contributed by atoms with Crippen LogP contribution in [0.2, 0.25) is 0 Å². The number of hydrogen-bond acceptors (Lipinski definition) is 3. The first-order valence-electron chi connectivity index (χ1n) is 7.74. The molecule has 3 nitrogen and oxygen atoms in total. The first-order chi connectivity index (χ1) is 9.72. The highest BCUT2D eigenvalue weighted by molar-refractivity contribution is 5.69. The smallest absolute Gasteiger partial charge is 0.307 e. The molecule has 20 heavy (non-hydrogen) atoms. The van der Waals surface area contributed by atoms with Crippen molar-refractivity contribution in [3.05, 3.63) is 30.3 Å². The van der Waals surface area contributed by atoms with Gasteiger partial charge in [-0.2, -0.15) is 0 Å². The number of ether oxygens (including phenoxy) is 1. The normalized spacial score (nSPS) is 11.9. The lowest BCUT2D eigenvalue weighted by atomic mass is 10.2. The second-order valence-corrected chi connectivity index (χ2v) is 4.97. The van der Waals surface area contributed by atoms with E-state index >= 15 is 0 Å². The molecular formula is C17H27NO2. The number of rotatable bonds is 9. The molecule has 0 aliphatic rings. The SMILES string of the molecule is CCCCN(c1ccccc1)C(CCC)OC(=O)CC. The van der Waals surface area contributed by atoms with Gasteiger partial charge in [0.25, 0.3) is 0 Å². The van der Waals surface area contributed by atoms with E-state index in [4.69, 9.17) is 4.74 Å². The Labute approximate surface area is 122 Å². The van der Waals surface area contributed by atoms with Crippen LogP contribution in [0, 0.1) is 0 Å². The predicted octanol–water partition coefficient (Wildman–Crippen LogP) is 4.37. The first-order valence-corrected chi connectivity index (χ1v) is 7.74. The number of para-hydroxylation sites is 1. The van der Waals surface area contributed by atoms with Gasteiger partial charge < -0.3 is 9.64 Å². The van der Waals surface area contributed by atoms with Gasteiger partial charge in [-0.1, -0.05) is 51.8 Å². The van der Waals surface area contributed by atoms with E-state index in [1.807, 2.05) is 25.1 Å². The van der Waals surface area contributed by atoms with E-state index in [2.05, 4.69) is 30.9 Å². The Morgan fingerprint density at radius 1 is 1.15 bits per heavy atom. The highest BCUT2D eigenvalue weighted by Crippen LogP contribution is 2.21. The molecule has 0 heterocycles. The summed E-state index contributed by atoms with van der Waals surface area (Å²) < 4.78 is 5.64. The van der Waals surface area contributed by atoms with Crippen LogP contribution < -0.4 is 4.90 Å². The molecule has 1 rings (SSSR count). The zero-order valence-electron chi connectivity index (χ0n) is 13.0. The first kappa shape index (κ1) is 16.5. The number of esters is 1. The van der Waals surface area contributed by atoms with Gasteiger partial charge in [-0.05, 0) is 18.6 Å². The number of carbonyl (C=O) groups excluding carboxylic acids is 1. The van der Waals surface area contributed by atoms with Crippen LogP contribution in [0.4, 0.5) is 5.69 Å². The molecule has 1 aromatic rings. The van der Waals surface area contributed by atoms with Crippen molar-refractivity contribution in [2.24, 2.45) is 0 Å². The number of nitrogens with zero attached hydrogens (tertiary/aromatic N) is 1. The van der Waals surface area contributed by atoms with E-state index in [1.54, 1.807) is 0 Å². The zero-order valence-corrected chi connectivity index (χ0v) is 13.0. The van der Waals surface area contributed by atoms with Gasteiger partial charge in [0.1, 0.15) is 0 Å². The van der Waals surface area contributed by atoms with Crippen LogP contribution >= 0.6 is 0 Å². The van der Waals surface area contributed by atoms with Crippen molar-refractivity contribution in [2.75, 3.05) is 11.4 Å². The Bertz CT molecular complexity index is 378. The van der Waals surface area contributed by atoms with Gasteiger partial charge in [-0.3, -0.25) is 4.79 Å². The van der Waals surface area contributed by atoms with E-state index in [0.29, 0.717) is 6.42 Å². The van der Waals surface area contributed by atoms with Gasteiger partial charge in [0.15, 0.2) is 6.23 Å². The highest BCUT2D eigenvalue weighted by atomic mass is 16.6. The van der Waals surface area contributed by atoms with Crippen LogP contribution in [0.15, 0.2) is 30.3 Å². The summed E-state index contributed by atoms with van der Waals surface area (Å²) in [6.45, 7) is 7.05. The van der Waals surface area contributed by atoms with Gasteiger partial charge in [0.05, 0.1) is 0 Å². The number of anilines is 1. The fraction of sp³-hybridized carbons (Fsp3) is 0.588. The predicted molar refractivity (Wildman–Crippen MR) is 83.8 cm³/mol. The molecule has 0 fully saturated rings. The van der Waals surface area contributed by atoms with E-state index in [9.17, 15) is 4.79 Å². The molecular weight excluding hydrogens is 250 g/mol. The topological polar surface area (TPSA) is 29.5 Å². The summed E-state index contributed by atoms with van der Waals surface area (Å²) in [7, 11) is 0. The van der Waals surface area contributed by atoms with Crippen LogP contribution in [0.1, 0.15) is 52.9 Å². The third kappa shape index (κ3) is 5.24. The van der Waals surface area contributed by atoms with Gasteiger partial charge in [-0.25, -0.2) is 0 Å². The second-order valence-electron chi connectivity index (χ2n) is 4.97. The molecule has 0 aliphatic heterocycles. The molecule has 0 amide bonds. The van der Waals surface area contributed by atoms with Crippen molar-refractivity contribution in [1.82, 2.24) is 0 Å². The van der Waals surface area contributed by atoms with Crippen LogP contribution in [0.3, 0.4) is 0 Å². The van der Waals surface area contributed by atoms with Gasteiger partial charge in [0.2, 0.25) is 0 Å². The third-order valence-corrected chi connectivity index (χ3v) is 3.28. The molecule has 1 unspecified atom stereocenters. The average Bonchev–Trinajstić information content (AvgIpc) is 2.48. The summed E-state index contributed by atoms with van der Waals surface area (Å²) in [5.41, 5.74) is 1.13. The van der Waals surface area contributed by atoms with Gasteiger partial charge in [0, 0.05) is 25.1 Å². The molecule has 0 radical (unpaired) electrons. The molecule has 0 aliphatic carbocycles. The minimum absolute atomic E-state index is 0.124. The molecule has 1 atom stereocenters. The minimum atomic E-state index is -0.151. The van der Waals surface area contributed by atoms with Crippen molar-refractivity contribution >= 4 is 11.7 Å². The van der Waals surface area contributed by atoms with Gasteiger partial charge in [-0.15, -0.1) is 0 Å². The molecule has 0 N–H and O–H groups in total. The molecule has 112 valence electrons. The third-order valence-electron chi connectivity index (χ3n) is 3.28. The molecule has 0 bridgehead atoms. The van der Waals surface area contributed by atoms with Crippen LogP contribution in [-0.4, -0.2) is 18.7 Å². The van der Waals surface area contributed by atoms with Crippen molar-refractivity contribution in [3.63, 3.8) is 0 Å². The molecule has 0 spiro atoms. The summed E-state index contributed by atoms with van der Waals surface area (Å²) in [6.07, 6.45) is 4.36. The lowest BCUT2D eigenvalue weighted by Gasteiger charge is -2.33. The van der Waals surface area contributed by atoms with Crippen molar-refractivity contribution in [3.8, 4) is 0 Å². The molecule has 0 saturated carbocycles. The monoisotopic (exact) mass is 277 g/mol. The van der Waals surface area contributed by atoms with E-state index < -0.39 is 0 Å². The second kappa shape index (κ2) is 9.40. The molecule has 0 saturated heterocycles. The largest absolute Gasteiger partial charge is 0.442 e. The van der Waals surface area contributed by atoms with E-state index in [-0.39, 0.29) is 12.2 Å². The summed E-state index contributed by atoms with van der Waals surface area (Å²) in [5, 5.41) is 0. The Kier molecular flexibility index (Phi) is 7.78. The fourth-order valence-electron chi connectivity index (χ4n) is 2.15.